The van der Waals surface area contributed by atoms with Gasteiger partial charge in [0.15, 0.2) is 0 Å². The topological polar surface area (TPSA) is 12.5 Å². The van der Waals surface area contributed by atoms with Crippen molar-refractivity contribution >= 4 is 71.0 Å². The summed E-state index contributed by atoms with van der Waals surface area (Å²) in [4.78, 5) is 2.58. The van der Waals surface area contributed by atoms with Crippen molar-refractivity contribution in [3.8, 4) is 11.5 Å². The minimum absolute atomic E-state index is 0.0527. The second kappa shape index (κ2) is 16.5. The maximum atomic E-state index is 6.75. The molecule has 4 heteroatoms. The second-order valence-corrected chi connectivity index (χ2v) is 27.9. The minimum atomic E-state index is -3.86. The van der Waals surface area contributed by atoms with Crippen LogP contribution in [-0.2, 0) is 5.41 Å². The Hall–Kier alpha value is -6.81. The average molecular weight is 939 g/mol. The van der Waals surface area contributed by atoms with Crippen LogP contribution in [-0.4, -0.2) is 20.0 Å². The molecule has 68 heavy (non-hydrogen) atoms. The van der Waals surface area contributed by atoms with Gasteiger partial charge in [-0.05, 0) is 0 Å². The van der Waals surface area contributed by atoms with E-state index < -0.39 is 18.7 Å². The van der Waals surface area contributed by atoms with E-state index in [1.54, 1.807) is 0 Å². The molecule has 0 aromatic heterocycles. The predicted molar refractivity (Wildman–Crippen MR) is 290 cm³/mol. The molecule has 12 rings (SSSR count). The summed E-state index contributed by atoms with van der Waals surface area (Å²) in [6.45, 7) is 14.3. The SMILES string of the molecule is CC(C)c1cc(C(C)C)c(B2c3cccc[c]3[Ge]([c]3ccccc3)([c]3ccccc3)[c]3cc(N4c5ccccc5C5(c6ccccc6Oc6ccccc65)c5ccccc54)ccc32)c(C(C)C)c1. The average Bonchev–Trinajstić information content (AvgIpc) is 3.38. The third kappa shape index (κ3) is 6.10. The number of fused-ring (bicyclic) bond motifs is 10. The zero-order valence-corrected chi connectivity index (χ0v) is 42.0. The van der Waals surface area contributed by atoms with Gasteiger partial charge in [0, 0.05) is 0 Å². The van der Waals surface area contributed by atoms with Gasteiger partial charge in [0.1, 0.15) is 0 Å². The summed E-state index contributed by atoms with van der Waals surface area (Å²) in [6.07, 6.45) is 0. The summed E-state index contributed by atoms with van der Waals surface area (Å²) in [5.74, 6) is 2.93. The van der Waals surface area contributed by atoms with Crippen molar-refractivity contribution in [1.82, 2.24) is 0 Å². The molecule has 3 heterocycles. The van der Waals surface area contributed by atoms with Crippen LogP contribution < -0.4 is 43.6 Å². The van der Waals surface area contributed by atoms with Crippen LogP contribution in [0.3, 0.4) is 0 Å². The molecule has 0 N–H and O–H groups in total. The monoisotopic (exact) mass is 939 g/mol. The van der Waals surface area contributed by atoms with Gasteiger partial charge in [0.2, 0.25) is 0 Å². The van der Waals surface area contributed by atoms with E-state index in [0.29, 0.717) is 17.8 Å². The number of rotatable bonds is 7. The number of para-hydroxylation sites is 4. The first-order valence-corrected chi connectivity index (χ1v) is 28.8. The van der Waals surface area contributed by atoms with Crippen molar-refractivity contribution in [2.45, 2.75) is 64.7 Å². The van der Waals surface area contributed by atoms with Crippen LogP contribution in [0, 0.1) is 0 Å². The molecule has 0 bridgehead atoms. The molecule has 3 aliphatic heterocycles. The molecular formula is C64H56BGeNO. The van der Waals surface area contributed by atoms with Crippen molar-refractivity contribution in [1.29, 1.82) is 0 Å². The van der Waals surface area contributed by atoms with Crippen LogP contribution in [0.4, 0.5) is 17.1 Å². The van der Waals surface area contributed by atoms with Crippen LogP contribution in [0.5, 0.6) is 11.5 Å². The molecule has 330 valence electrons. The molecule has 2 nitrogen and oxygen atoms in total. The van der Waals surface area contributed by atoms with Crippen LogP contribution in [0.25, 0.3) is 0 Å². The Bertz CT molecular complexity index is 3230. The number of benzene rings is 9. The zero-order chi connectivity index (χ0) is 46.3. The van der Waals surface area contributed by atoms with Crippen molar-refractivity contribution in [2.75, 3.05) is 4.90 Å². The fourth-order valence-electron chi connectivity index (χ4n) is 12.6. The van der Waals surface area contributed by atoms with Gasteiger partial charge in [0.05, 0.1) is 0 Å². The summed E-state index contributed by atoms with van der Waals surface area (Å²) in [5, 5.41) is 0. The number of anilines is 3. The molecule has 0 unspecified atom stereocenters. The molecule has 0 saturated heterocycles. The van der Waals surface area contributed by atoms with E-state index in [2.05, 4.69) is 259 Å². The number of ether oxygens (including phenoxy) is 1. The normalized spacial score (nSPS) is 14.7. The van der Waals surface area contributed by atoms with Crippen molar-refractivity contribution < 1.29 is 4.74 Å². The van der Waals surface area contributed by atoms with E-state index in [1.807, 2.05) is 0 Å². The molecule has 0 saturated carbocycles. The Morgan fingerprint density at radius 2 is 0.882 bits per heavy atom. The molecule has 0 fully saturated rings. The molecular weight excluding hydrogens is 882 g/mol. The van der Waals surface area contributed by atoms with Gasteiger partial charge in [-0.3, -0.25) is 0 Å². The van der Waals surface area contributed by atoms with Gasteiger partial charge >= 0.3 is 408 Å². The van der Waals surface area contributed by atoms with E-state index in [1.165, 1.54) is 78.9 Å². The Balaban J connectivity index is 1.20. The molecule has 0 atom stereocenters. The van der Waals surface area contributed by atoms with Crippen LogP contribution in [0.1, 0.15) is 98.2 Å². The van der Waals surface area contributed by atoms with Crippen molar-refractivity contribution in [3.05, 3.63) is 251 Å². The van der Waals surface area contributed by atoms with Gasteiger partial charge in [-0.25, -0.2) is 0 Å². The van der Waals surface area contributed by atoms with Crippen LogP contribution in [0.2, 0.25) is 0 Å². The van der Waals surface area contributed by atoms with Crippen LogP contribution >= 0.6 is 0 Å². The van der Waals surface area contributed by atoms with Gasteiger partial charge in [-0.15, -0.1) is 0 Å². The molecule has 9 aromatic rings. The summed E-state index contributed by atoms with van der Waals surface area (Å²) in [5.41, 5.74) is 16.5. The second-order valence-electron chi connectivity index (χ2n) is 20.1. The number of nitrogens with zero attached hydrogens (tertiary/aromatic N) is 1. The first-order valence-electron chi connectivity index (χ1n) is 24.6. The van der Waals surface area contributed by atoms with Gasteiger partial charge < -0.3 is 0 Å². The fraction of sp³-hybridized carbons (Fsp3) is 0.156. The van der Waals surface area contributed by atoms with E-state index in [-0.39, 0.29) is 6.71 Å². The van der Waals surface area contributed by atoms with E-state index in [4.69, 9.17) is 4.74 Å². The molecule has 0 aliphatic carbocycles. The summed E-state index contributed by atoms with van der Waals surface area (Å²) in [6, 6.07) is 81.1. The summed E-state index contributed by atoms with van der Waals surface area (Å²) < 4.78 is 12.7. The summed E-state index contributed by atoms with van der Waals surface area (Å²) >= 11 is -3.86. The van der Waals surface area contributed by atoms with Gasteiger partial charge in [-0.2, -0.15) is 0 Å². The quantitative estimate of drug-likeness (QED) is 0.148. The Morgan fingerprint density at radius 3 is 1.41 bits per heavy atom. The Kier molecular flexibility index (Phi) is 10.3. The third-order valence-electron chi connectivity index (χ3n) is 15.5. The first-order chi connectivity index (χ1) is 33.2. The molecule has 0 radical (unpaired) electrons. The standard InChI is InChI=1S/C64H56BGeNO/c1-42(2)45-39-49(43(3)4)63(50(40-45)44(5)6)65-55-31-17-18-32-57(55)66(46-23-9-7-10-24-46,47-25-11-8-12-26-47)58-41-48(37-38-56(58)65)67-59-33-19-13-27-51(59)64(52-28-14-20-34-60(52)67)53-29-15-21-35-61(53)68-62-36-22-16-30-54(62)64/h7-44H,1-6H3. The molecule has 3 aliphatic rings. The number of hydrogen-bond donors (Lipinski definition) is 0. The first kappa shape index (κ1) is 42.5. The third-order valence-corrected chi connectivity index (χ3v) is 25.8. The van der Waals surface area contributed by atoms with E-state index in [0.717, 1.165) is 22.6 Å². The maximum absolute atomic E-state index is 6.75. The van der Waals surface area contributed by atoms with Gasteiger partial charge in [0.25, 0.3) is 0 Å². The predicted octanol–water partition coefficient (Wildman–Crippen LogP) is 11.5. The van der Waals surface area contributed by atoms with Crippen LogP contribution in [0.15, 0.2) is 212 Å². The summed E-state index contributed by atoms with van der Waals surface area (Å²) in [7, 11) is 0. The molecule has 1 spiro atoms. The molecule has 0 amide bonds. The zero-order valence-electron chi connectivity index (χ0n) is 39.9. The fourth-order valence-corrected chi connectivity index (χ4v) is 23.7. The van der Waals surface area contributed by atoms with Crippen molar-refractivity contribution in [3.63, 3.8) is 0 Å². The Labute approximate surface area is 405 Å². The van der Waals surface area contributed by atoms with Gasteiger partial charge in [-0.1, -0.05) is 0 Å². The van der Waals surface area contributed by atoms with E-state index >= 15 is 0 Å². The van der Waals surface area contributed by atoms with E-state index in [9.17, 15) is 0 Å². The number of hydrogen-bond acceptors (Lipinski definition) is 2. The molecule has 9 aromatic carbocycles. The van der Waals surface area contributed by atoms with Crippen molar-refractivity contribution in [2.24, 2.45) is 0 Å². The Morgan fingerprint density at radius 1 is 0.426 bits per heavy atom.